The number of thioether (sulfide) groups is 1. The number of ether oxygens (including phenoxy) is 2. The number of imide groups is 1. The Bertz CT molecular complexity index is 1870. The molecule has 4 aromatic rings. The van der Waals surface area contributed by atoms with E-state index in [1.807, 2.05) is 48.5 Å². The first kappa shape index (κ1) is 28.2. The van der Waals surface area contributed by atoms with Crippen LogP contribution in [-0.2, 0) is 16.2 Å². The van der Waals surface area contributed by atoms with Gasteiger partial charge in [0, 0.05) is 20.5 Å². The molecule has 3 heterocycles. The highest BCUT2D eigenvalue weighted by Crippen LogP contribution is 2.68. The number of fused-ring (bicyclic) bond motifs is 9. The van der Waals surface area contributed by atoms with E-state index in [0.717, 1.165) is 37.5 Å². The fourth-order valence-electron chi connectivity index (χ4n) is 8.16. The van der Waals surface area contributed by atoms with Gasteiger partial charge in [-0.05, 0) is 84.2 Å². The third kappa shape index (κ3) is 4.24. The molecule has 2 aliphatic heterocycles. The highest BCUT2D eigenvalue weighted by molar-refractivity contribution is 9.10. The number of rotatable bonds is 6. The van der Waals surface area contributed by atoms with Gasteiger partial charge in [-0.15, -0.1) is 11.8 Å². The lowest BCUT2D eigenvalue weighted by molar-refractivity contribution is -0.123. The molecule has 0 radical (unpaired) electrons. The maximum absolute atomic E-state index is 14.0. The zero-order valence-electron chi connectivity index (χ0n) is 24.0. The van der Waals surface area contributed by atoms with Gasteiger partial charge in [-0.25, -0.2) is 0 Å². The van der Waals surface area contributed by atoms with Crippen molar-refractivity contribution >= 4 is 56.5 Å². The predicted octanol–water partition coefficient (Wildman–Crippen LogP) is 6.77. The number of benzene rings is 3. The summed E-state index contributed by atoms with van der Waals surface area (Å²) >= 11 is 6.39. The summed E-state index contributed by atoms with van der Waals surface area (Å²) in [6.45, 7) is 2.49. The number of nitrogens with one attached hydrogen (secondary N) is 1. The fourth-order valence-corrected chi connectivity index (χ4v) is 11.3. The first-order valence-corrected chi connectivity index (χ1v) is 17.2. The molecule has 1 N–H and O–H groups in total. The van der Waals surface area contributed by atoms with Crippen molar-refractivity contribution in [2.45, 2.75) is 36.1 Å². The summed E-state index contributed by atoms with van der Waals surface area (Å²) in [5.74, 6) is 0.529. The lowest BCUT2D eigenvalue weighted by Gasteiger charge is -2.43. The average molecular weight is 690 g/mol. The Balaban J connectivity index is 1.15. The molecule has 2 bridgehead atoms. The van der Waals surface area contributed by atoms with E-state index in [9.17, 15) is 14.4 Å². The highest BCUT2D eigenvalue weighted by Gasteiger charge is 2.69. The number of anilines is 1. The number of methoxy groups -OCH3 is 1. The molecule has 2 aliphatic carbocycles. The van der Waals surface area contributed by atoms with Crippen LogP contribution in [0.4, 0.5) is 5.69 Å². The predicted molar refractivity (Wildman–Crippen MR) is 174 cm³/mol. The number of carbonyl (C=O) groups is 2. The molecule has 7 nitrogen and oxygen atoms in total. The minimum Gasteiger partial charge on any atom is -0.493 e. The smallest absolute Gasteiger partial charge is 0.305 e. The van der Waals surface area contributed by atoms with Gasteiger partial charge in [0.1, 0.15) is 6.61 Å². The molecular weight excluding hydrogens is 660 g/mol. The van der Waals surface area contributed by atoms with Gasteiger partial charge < -0.3 is 14.5 Å². The highest BCUT2D eigenvalue weighted by atomic mass is 79.9. The summed E-state index contributed by atoms with van der Waals surface area (Å²) in [7, 11) is 1.64. The Morgan fingerprint density at radius 3 is 2.45 bits per heavy atom. The van der Waals surface area contributed by atoms with Crippen LogP contribution in [0.2, 0.25) is 0 Å². The molecule has 8 rings (SSSR count). The summed E-state index contributed by atoms with van der Waals surface area (Å²) in [6, 6.07) is 21.6. The largest absolute Gasteiger partial charge is 0.493 e. The molecule has 1 saturated heterocycles. The zero-order chi connectivity index (χ0) is 30.3. The van der Waals surface area contributed by atoms with Crippen molar-refractivity contribution in [2.75, 3.05) is 12.0 Å². The fraction of sp³-hybridized carbons (Fsp3) is 0.324. The van der Waals surface area contributed by atoms with Gasteiger partial charge in [0.15, 0.2) is 11.5 Å². The average Bonchev–Trinajstić information content (AvgIpc) is 3.76. The molecular formula is C34H29BrN2O5S2. The summed E-state index contributed by atoms with van der Waals surface area (Å²) in [6.07, 6.45) is 0.841. The number of amides is 2. The van der Waals surface area contributed by atoms with Gasteiger partial charge in [-0.3, -0.25) is 19.3 Å². The maximum Gasteiger partial charge on any atom is 0.305 e. The van der Waals surface area contributed by atoms with E-state index < -0.39 is 0 Å². The molecule has 224 valence electrons. The van der Waals surface area contributed by atoms with E-state index in [0.29, 0.717) is 23.8 Å². The van der Waals surface area contributed by atoms with E-state index in [1.54, 1.807) is 18.9 Å². The number of halogens is 1. The van der Waals surface area contributed by atoms with Crippen molar-refractivity contribution in [3.63, 3.8) is 0 Å². The van der Waals surface area contributed by atoms with Gasteiger partial charge in [0.2, 0.25) is 11.8 Å². The second-order valence-corrected chi connectivity index (χ2v) is 15.2. The van der Waals surface area contributed by atoms with Crippen LogP contribution in [0.1, 0.15) is 33.9 Å². The minimum atomic E-state index is -0.351. The van der Waals surface area contributed by atoms with Crippen molar-refractivity contribution in [1.29, 1.82) is 0 Å². The number of aromatic nitrogens is 1. The minimum absolute atomic E-state index is 0.0396. The topological polar surface area (TPSA) is 88.7 Å². The number of nitrogens with zero attached hydrogens (tertiary/aromatic N) is 1. The number of aryl methyl sites for hydroxylation is 1. The number of aromatic amines is 1. The SMILES string of the molecule is COc1cc(C2c3sc(=O)[nH]c3SC3C2[C@H]2C[C@@H]3C3C(=O)N(c4ccc(Br)cc4)C(=O)C32)ccc1OCc1ccccc1C. The molecule has 2 amide bonds. The molecule has 3 aromatic carbocycles. The second-order valence-electron chi connectivity index (χ2n) is 12.1. The van der Waals surface area contributed by atoms with Crippen molar-refractivity contribution in [3.05, 3.63) is 102 Å². The molecule has 3 fully saturated rings. The third-order valence-electron chi connectivity index (χ3n) is 10.00. The second kappa shape index (κ2) is 10.6. The Kier molecular flexibility index (Phi) is 6.80. The molecule has 0 spiro atoms. The van der Waals surface area contributed by atoms with Crippen molar-refractivity contribution in [2.24, 2.45) is 29.6 Å². The van der Waals surface area contributed by atoms with Crippen LogP contribution in [0.15, 0.2) is 81.0 Å². The lowest BCUT2D eigenvalue weighted by Crippen LogP contribution is -2.42. The molecule has 2 saturated carbocycles. The van der Waals surface area contributed by atoms with Gasteiger partial charge in [-0.2, -0.15) is 0 Å². The summed E-state index contributed by atoms with van der Waals surface area (Å²) in [5.41, 5.74) is 3.93. The first-order chi connectivity index (χ1) is 21.3. The molecule has 44 heavy (non-hydrogen) atoms. The van der Waals surface area contributed by atoms with Gasteiger partial charge in [0.05, 0.1) is 29.7 Å². The van der Waals surface area contributed by atoms with E-state index in [-0.39, 0.29) is 57.4 Å². The Hall–Kier alpha value is -3.34. The van der Waals surface area contributed by atoms with Crippen LogP contribution >= 0.6 is 39.0 Å². The molecule has 7 atom stereocenters. The number of hydrogen-bond donors (Lipinski definition) is 1. The standard InChI is InChI=1S/C34H29BrN2O5S2/c1-16-5-3-4-6-18(16)15-42-23-12-7-17(13-24(23)41-2)25-26-21-14-22(29(26)43-31-30(25)44-34(40)36-31)28-27(21)32(38)37(33(28)39)20-10-8-19(35)9-11-20/h3-13,21-22,25-29H,14-15H2,1-2H3,(H,36,40)/t21-,22-,25?,26?,27?,28?,29?/m1/s1. The van der Waals surface area contributed by atoms with Crippen molar-refractivity contribution < 1.29 is 19.1 Å². The Morgan fingerprint density at radius 2 is 1.70 bits per heavy atom. The third-order valence-corrected chi connectivity index (χ3v) is 13.1. The van der Waals surface area contributed by atoms with Crippen LogP contribution in [0.3, 0.4) is 0 Å². The lowest BCUT2D eigenvalue weighted by atomic mass is 9.68. The first-order valence-electron chi connectivity index (χ1n) is 14.7. The number of carbonyl (C=O) groups excluding carboxylic acids is 2. The van der Waals surface area contributed by atoms with E-state index in [4.69, 9.17) is 9.47 Å². The molecule has 5 unspecified atom stereocenters. The molecule has 4 aliphatic rings. The van der Waals surface area contributed by atoms with Crippen LogP contribution in [-0.4, -0.2) is 29.2 Å². The number of H-pyrrole nitrogens is 1. The molecule has 1 aromatic heterocycles. The van der Waals surface area contributed by atoms with Crippen LogP contribution in [0.5, 0.6) is 11.5 Å². The van der Waals surface area contributed by atoms with Crippen LogP contribution < -0.4 is 19.2 Å². The van der Waals surface area contributed by atoms with E-state index in [1.165, 1.54) is 16.2 Å². The number of thiazole rings is 1. The Morgan fingerprint density at radius 1 is 0.955 bits per heavy atom. The summed E-state index contributed by atoms with van der Waals surface area (Å²) in [5, 5.41) is 1.00. The monoisotopic (exact) mass is 688 g/mol. The van der Waals surface area contributed by atoms with Gasteiger partial charge >= 0.3 is 4.87 Å². The zero-order valence-corrected chi connectivity index (χ0v) is 27.2. The van der Waals surface area contributed by atoms with E-state index >= 15 is 0 Å². The van der Waals surface area contributed by atoms with E-state index in [2.05, 4.69) is 46.0 Å². The Labute approximate surface area is 271 Å². The summed E-state index contributed by atoms with van der Waals surface area (Å²) in [4.78, 5) is 45.9. The van der Waals surface area contributed by atoms with Crippen molar-refractivity contribution in [1.82, 2.24) is 4.98 Å². The molecule has 10 heteroatoms. The maximum atomic E-state index is 14.0. The van der Waals surface area contributed by atoms with Gasteiger partial charge in [0.25, 0.3) is 0 Å². The summed E-state index contributed by atoms with van der Waals surface area (Å²) < 4.78 is 12.9. The van der Waals surface area contributed by atoms with Crippen LogP contribution in [0.25, 0.3) is 0 Å². The quantitative estimate of drug-likeness (QED) is 0.225. The van der Waals surface area contributed by atoms with Crippen LogP contribution in [0, 0.1) is 36.5 Å². The normalized spacial score (nSPS) is 28.2. The van der Waals surface area contributed by atoms with Gasteiger partial charge in [-0.1, -0.05) is 57.6 Å². The van der Waals surface area contributed by atoms with Crippen molar-refractivity contribution in [3.8, 4) is 11.5 Å². The number of hydrogen-bond acceptors (Lipinski definition) is 7.